The molecule has 3 rings (SSSR count). The molecule has 1 atom stereocenters. The van der Waals surface area contributed by atoms with Crippen LogP contribution < -0.4 is 10.2 Å². The highest BCUT2D eigenvalue weighted by atomic mass is 79.9. The molecule has 25 heavy (non-hydrogen) atoms. The number of imide groups is 1. The van der Waals surface area contributed by atoms with E-state index in [1.54, 1.807) is 36.4 Å². The van der Waals surface area contributed by atoms with E-state index < -0.39 is 5.25 Å². The van der Waals surface area contributed by atoms with Crippen molar-refractivity contribution in [2.45, 2.75) is 11.7 Å². The zero-order valence-electron chi connectivity index (χ0n) is 13.1. The highest BCUT2D eigenvalue weighted by Gasteiger charge is 2.39. The van der Waals surface area contributed by atoms with Gasteiger partial charge in [0.25, 0.3) is 0 Å². The molecule has 2 aromatic rings. The highest BCUT2D eigenvalue weighted by Crippen LogP contribution is 2.29. The molecule has 1 aliphatic heterocycles. The van der Waals surface area contributed by atoms with Crippen molar-refractivity contribution in [3.8, 4) is 0 Å². The average Bonchev–Trinajstić information content (AvgIpc) is 2.89. The fourth-order valence-corrected chi connectivity index (χ4v) is 3.69. The van der Waals surface area contributed by atoms with Gasteiger partial charge in [0.2, 0.25) is 17.7 Å². The van der Waals surface area contributed by atoms with Crippen molar-refractivity contribution in [3.63, 3.8) is 0 Å². The standard InChI is InChI=1S/C18H15BrN2O3S/c19-12-6-8-13(9-7-12)20-16(22)11-25-15-10-17(23)21(18(15)24)14-4-2-1-3-5-14/h1-9,15H,10-11H2,(H,20,22)/t15-/m1/s1. The molecule has 0 spiro atoms. The SMILES string of the molecule is O=C(CS[C@@H]1CC(=O)N(c2ccccc2)C1=O)Nc1ccc(Br)cc1. The summed E-state index contributed by atoms with van der Waals surface area (Å²) in [6.07, 6.45) is 0.115. The van der Waals surface area contributed by atoms with Gasteiger partial charge in [-0.15, -0.1) is 11.8 Å². The van der Waals surface area contributed by atoms with Crippen LogP contribution in [-0.4, -0.2) is 28.7 Å². The van der Waals surface area contributed by atoms with Crippen LogP contribution in [0, 0.1) is 0 Å². The smallest absolute Gasteiger partial charge is 0.247 e. The van der Waals surface area contributed by atoms with Gasteiger partial charge in [0.15, 0.2) is 0 Å². The van der Waals surface area contributed by atoms with Crippen molar-refractivity contribution in [1.29, 1.82) is 0 Å². The quantitative estimate of drug-likeness (QED) is 0.754. The van der Waals surface area contributed by atoms with Crippen LogP contribution in [0.3, 0.4) is 0 Å². The van der Waals surface area contributed by atoms with Crippen LogP contribution in [0.4, 0.5) is 11.4 Å². The maximum Gasteiger partial charge on any atom is 0.247 e. The molecule has 0 aromatic heterocycles. The van der Waals surface area contributed by atoms with E-state index in [4.69, 9.17) is 0 Å². The number of nitrogens with one attached hydrogen (secondary N) is 1. The number of nitrogens with zero attached hydrogens (tertiary/aromatic N) is 1. The first-order valence-electron chi connectivity index (χ1n) is 7.63. The third-order valence-corrected chi connectivity index (χ3v) is 5.39. The third kappa shape index (κ3) is 4.29. The first kappa shape index (κ1) is 17.7. The minimum Gasteiger partial charge on any atom is -0.325 e. The van der Waals surface area contributed by atoms with Crippen molar-refractivity contribution in [1.82, 2.24) is 0 Å². The Kier molecular flexibility index (Phi) is 5.55. The van der Waals surface area contributed by atoms with Crippen LogP contribution in [0.25, 0.3) is 0 Å². The van der Waals surface area contributed by atoms with E-state index >= 15 is 0 Å². The van der Waals surface area contributed by atoms with E-state index in [9.17, 15) is 14.4 Å². The highest BCUT2D eigenvalue weighted by molar-refractivity contribution is 9.10. The zero-order valence-corrected chi connectivity index (χ0v) is 15.5. The second-order valence-corrected chi connectivity index (χ2v) is 7.57. The van der Waals surface area contributed by atoms with Gasteiger partial charge in [0.05, 0.1) is 16.7 Å². The molecule has 1 saturated heterocycles. The van der Waals surface area contributed by atoms with Gasteiger partial charge in [-0.3, -0.25) is 14.4 Å². The van der Waals surface area contributed by atoms with Gasteiger partial charge in [-0.2, -0.15) is 0 Å². The van der Waals surface area contributed by atoms with Gasteiger partial charge in [-0.05, 0) is 36.4 Å². The van der Waals surface area contributed by atoms with Gasteiger partial charge >= 0.3 is 0 Å². The third-order valence-electron chi connectivity index (χ3n) is 3.66. The van der Waals surface area contributed by atoms with Crippen molar-refractivity contribution in [3.05, 3.63) is 59.1 Å². The molecule has 1 heterocycles. The van der Waals surface area contributed by atoms with E-state index in [-0.39, 0.29) is 29.9 Å². The average molecular weight is 419 g/mol. The summed E-state index contributed by atoms with van der Waals surface area (Å²) in [6, 6.07) is 16.1. The number of hydrogen-bond donors (Lipinski definition) is 1. The molecule has 5 nitrogen and oxygen atoms in total. The molecule has 1 N–H and O–H groups in total. The summed E-state index contributed by atoms with van der Waals surface area (Å²) in [5.74, 6) is -0.590. The fourth-order valence-electron chi connectivity index (χ4n) is 2.49. The van der Waals surface area contributed by atoms with Crippen LogP contribution in [0.2, 0.25) is 0 Å². The first-order chi connectivity index (χ1) is 12.0. The molecule has 128 valence electrons. The monoisotopic (exact) mass is 418 g/mol. The van der Waals surface area contributed by atoms with Crippen LogP contribution in [0.5, 0.6) is 0 Å². The number of hydrogen-bond acceptors (Lipinski definition) is 4. The van der Waals surface area contributed by atoms with Gasteiger partial charge in [-0.25, -0.2) is 4.90 Å². The van der Waals surface area contributed by atoms with Crippen LogP contribution in [0.1, 0.15) is 6.42 Å². The van der Waals surface area contributed by atoms with E-state index in [2.05, 4.69) is 21.2 Å². The van der Waals surface area contributed by atoms with Crippen LogP contribution >= 0.6 is 27.7 Å². The molecule has 0 saturated carbocycles. The van der Waals surface area contributed by atoms with Crippen LogP contribution in [0.15, 0.2) is 59.1 Å². The van der Waals surface area contributed by atoms with Crippen LogP contribution in [-0.2, 0) is 14.4 Å². The molecule has 3 amide bonds. The molecular formula is C18H15BrN2O3S. The Morgan fingerprint density at radius 3 is 2.48 bits per heavy atom. The minimum atomic E-state index is -0.525. The maximum absolute atomic E-state index is 12.5. The number of carbonyl (C=O) groups is 3. The summed E-state index contributed by atoms with van der Waals surface area (Å²) in [4.78, 5) is 37.9. The summed E-state index contributed by atoms with van der Waals surface area (Å²) in [5.41, 5.74) is 1.26. The minimum absolute atomic E-state index is 0.113. The van der Waals surface area contributed by atoms with Gasteiger partial charge in [-0.1, -0.05) is 34.1 Å². The Hall–Kier alpha value is -2.12. The van der Waals surface area contributed by atoms with Crippen molar-refractivity contribution in [2.75, 3.05) is 16.0 Å². The molecule has 2 aromatic carbocycles. The lowest BCUT2D eigenvalue weighted by molar-refractivity contribution is -0.121. The summed E-state index contributed by atoms with van der Waals surface area (Å²) in [7, 11) is 0. The summed E-state index contributed by atoms with van der Waals surface area (Å²) < 4.78 is 0.927. The first-order valence-corrected chi connectivity index (χ1v) is 9.47. The van der Waals surface area contributed by atoms with Crippen molar-refractivity contribution in [2.24, 2.45) is 0 Å². The van der Waals surface area contributed by atoms with Gasteiger partial charge < -0.3 is 5.32 Å². The number of carbonyl (C=O) groups excluding carboxylic acids is 3. The number of thioether (sulfide) groups is 1. The lowest BCUT2D eigenvalue weighted by Crippen LogP contribution is -2.31. The largest absolute Gasteiger partial charge is 0.325 e. The Morgan fingerprint density at radius 2 is 1.80 bits per heavy atom. The molecule has 0 radical (unpaired) electrons. The summed E-state index contributed by atoms with van der Waals surface area (Å²) >= 11 is 4.52. The molecule has 0 aliphatic carbocycles. The Morgan fingerprint density at radius 1 is 1.12 bits per heavy atom. The predicted octanol–water partition coefficient (Wildman–Crippen LogP) is 3.45. The molecule has 0 bridgehead atoms. The van der Waals surface area contributed by atoms with Crippen molar-refractivity contribution < 1.29 is 14.4 Å². The fraction of sp³-hybridized carbons (Fsp3) is 0.167. The number of halogens is 1. The number of rotatable bonds is 5. The predicted molar refractivity (Wildman–Crippen MR) is 103 cm³/mol. The molecular weight excluding hydrogens is 404 g/mol. The van der Waals surface area contributed by atoms with Crippen molar-refractivity contribution >= 4 is 56.8 Å². The number of amides is 3. The Bertz CT molecular complexity index is 796. The maximum atomic E-state index is 12.5. The Labute approximate surface area is 157 Å². The van der Waals surface area contributed by atoms with E-state index in [0.29, 0.717) is 11.4 Å². The lowest BCUT2D eigenvalue weighted by atomic mass is 10.3. The lowest BCUT2D eigenvalue weighted by Gasteiger charge is -2.14. The van der Waals surface area contributed by atoms with Gasteiger partial charge in [0, 0.05) is 16.6 Å². The summed E-state index contributed by atoms with van der Waals surface area (Å²) in [5, 5.41) is 2.25. The normalized spacial score (nSPS) is 17.0. The second kappa shape index (κ2) is 7.84. The molecule has 7 heteroatoms. The second-order valence-electron chi connectivity index (χ2n) is 5.46. The van der Waals surface area contributed by atoms with E-state index in [0.717, 1.165) is 4.47 Å². The molecule has 1 aliphatic rings. The zero-order chi connectivity index (χ0) is 17.8. The van der Waals surface area contributed by atoms with E-state index in [1.165, 1.54) is 16.7 Å². The molecule has 1 fully saturated rings. The number of benzene rings is 2. The van der Waals surface area contributed by atoms with E-state index in [1.807, 2.05) is 18.2 Å². The number of para-hydroxylation sites is 1. The van der Waals surface area contributed by atoms with Gasteiger partial charge in [0.1, 0.15) is 0 Å². The number of anilines is 2. The molecule has 0 unspecified atom stereocenters. The topological polar surface area (TPSA) is 66.5 Å². The summed E-state index contributed by atoms with van der Waals surface area (Å²) in [6.45, 7) is 0. The Balaban J connectivity index is 1.57.